The summed E-state index contributed by atoms with van der Waals surface area (Å²) in [6, 6.07) is 10.5. The maximum Gasteiger partial charge on any atom is 0.264 e. The van der Waals surface area contributed by atoms with E-state index in [4.69, 9.17) is 9.97 Å². The van der Waals surface area contributed by atoms with Gasteiger partial charge in [-0.2, -0.15) is 0 Å². The lowest BCUT2D eigenvalue weighted by Gasteiger charge is -2.36. The fourth-order valence-corrected chi connectivity index (χ4v) is 4.85. The fraction of sp³-hybridized carbons (Fsp3) is 0.423. The highest BCUT2D eigenvalue weighted by molar-refractivity contribution is 7.12. The number of amides is 1. The lowest BCUT2D eigenvalue weighted by atomic mass is 10.0. The van der Waals surface area contributed by atoms with Crippen LogP contribution in [-0.2, 0) is 12.8 Å². The normalized spacial score (nSPS) is 15.0. The first-order chi connectivity index (χ1) is 16.0. The molecule has 174 valence electrons. The van der Waals surface area contributed by atoms with Gasteiger partial charge in [-0.1, -0.05) is 39.0 Å². The van der Waals surface area contributed by atoms with Crippen molar-refractivity contribution in [1.82, 2.24) is 14.9 Å². The lowest BCUT2D eigenvalue weighted by molar-refractivity contribution is 0.0751. The number of hydrogen-bond donors (Lipinski definition) is 0. The predicted molar refractivity (Wildman–Crippen MR) is 132 cm³/mol. The number of nitrogens with zero attached hydrogens (tertiary/aromatic N) is 4. The van der Waals surface area contributed by atoms with Gasteiger partial charge in [0.1, 0.15) is 17.5 Å². The number of carbonyl (C=O) groups excluding carboxylic acids is 1. The van der Waals surface area contributed by atoms with Gasteiger partial charge in [0.25, 0.3) is 5.91 Å². The molecule has 3 aromatic rings. The van der Waals surface area contributed by atoms with E-state index in [2.05, 4.69) is 25.7 Å². The van der Waals surface area contributed by atoms with Crippen LogP contribution in [0.3, 0.4) is 0 Å². The smallest absolute Gasteiger partial charge is 0.264 e. The molecule has 1 aromatic carbocycles. The summed E-state index contributed by atoms with van der Waals surface area (Å²) in [5.74, 6) is 1.99. The topological polar surface area (TPSA) is 49.3 Å². The van der Waals surface area contributed by atoms with E-state index < -0.39 is 0 Å². The summed E-state index contributed by atoms with van der Waals surface area (Å²) in [7, 11) is 0. The molecule has 0 aliphatic carbocycles. The molecule has 1 aliphatic rings. The van der Waals surface area contributed by atoms with Crippen LogP contribution in [-0.4, -0.2) is 47.0 Å². The van der Waals surface area contributed by atoms with Crippen LogP contribution in [0.1, 0.15) is 65.4 Å². The molecule has 1 amide bonds. The number of carbonyl (C=O) groups is 1. The van der Waals surface area contributed by atoms with Crippen molar-refractivity contribution in [3.63, 3.8) is 0 Å². The van der Waals surface area contributed by atoms with E-state index in [1.807, 2.05) is 34.5 Å². The van der Waals surface area contributed by atoms with Gasteiger partial charge in [0.15, 0.2) is 0 Å². The average molecular weight is 467 g/mol. The minimum atomic E-state index is -0.232. The van der Waals surface area contributed by atoms with E-state index in [1.54, 1.807) is 0 Å². The van der Waals surface area contributed by atoms with Gasteiger partial charge in [-0.25, -0.2) is 14.4 Å². The first-order valence-corrected chi connectivity index (χ1v) is 12.6. The van der Waals surface area contributed by atoms with E-state index in [1.165, 1.54) is 23.5 Å². The molecule has 1 aliphatic heterocycles. The molecule has 4 rings (SSSR count). The number of piperazine rings is 1. The molecule has 0 saturated carbocycles. The molecule has 3 heterocycles. The summed E-state index contributed by atoms with van der Waals surface area (Å²) in [4.78, 5) is 27.8. The van der Waals surface area contributed by atoms with Crippen LogP contribution in [0.25, 0.3) is 0 Å². The average Bonchev–Trinajstić information content (AvgIpc) is 3.39. The Morgan fingerprint density at radius 3 is 2.42 bits per heavy atom. The van der Waals surface area contributed by atoms with Crippen LogP contribution in [0.2, 0.25) is 0 Å². The molecule has 1 atom stereocenters. The van der Waals surface area contributed by atoms with Gasteiger partial charge in [-0.3, -0.25) is 4.79 Å². The van der Waals surface area contributed by atoms with Gasteiger partial charge in [-0.05, 0) is 42.0 Å². The Labute approximate surface area is 199 Å². The summed E-state index contributed by atoms with van der Waals surface area (Å²) in [6.45, 7) is 9.23. The van der Waals surface area contributed by atoms with E-state index in [0.29, 0.717) is 19.5 Å². The zero-order chi connectivity index (χ0) is 23.4. The number of benzene rings is 1. The maximum absolute atomic E-state index is 13.5. The first-order valence-electron chi connectivity index (χ1n) is 11.7. The van der Waals surface area contributed by atoms with Gasteiger partial charge >= 0.3 is 0 Å². The van der Waals surface area contributed by atoms with Crippen molar-refractivity contribution in [2.75, 3.05) is 31.1 Å². The molecule has 0 bridgehead atoms. The summed E-state index contributed by atoms with van der Waals surface area (Å²) in [5.41, 5.74) is 3.20. The van der Waals surface area contributed by atoms with Gasteiger partial charge in [-0.15, -0.1) is 11.3 Å². The minimum absolute atomic E-state index is 0.105. The van der Waals surface area contributed by atoms with Gasteiger partial charge in [0, 0.05) is 49.8 Å². The molecule has 1 fully saturated rings. The van der Waals surface area contributed by atoms with Crippen molar-refractivity contribution < 1.29 is 9.18 Å². The second-order valence-electron chi connectivity index (χ2n) is 8.55. The third-order valence-electron chi connectivity index (χ3n) is 6.37. The highest BCUT2D eigenvalue weighted by atomic mass is 32.1. The lowest BCUT2D eigenvalue weighted by Crippen LogP contribution is -2.49. The molecule has 0 N–H and O–H groups in total. The molecule has 5 nitrogen and oxygen atoms in total. The number of anilines is 1. The van der Waals surface area contributed by atoms with Crippen LogP contribution in [0, 0.1) is 5.82 Å². The number of aromatic nitrogens is 2. The Balaban J connectivity index is 1.63. The number of halogens is 1. The second-order valence-corrected chi connectivity index (χ2v) is 9.50. The monoisotopic (exact) mass is 466 g/mol. The Morgan fingerprint density at radius 1 is 1.09 bits per heavy atom. The standard InChI is InChI=1S/C26H31FN4OS/c1-4-18(3)24-28-22(5-2)21(17-19-8-10-20(27)11-9-19)25(29-24)30-12-14-31(15-13-30)26(32)23-7-6-16-33-23/h6-11,16,18H,4-5,12-15,17H2,1-3H3. The summed E-state index contributed by atoms with van der Waals surface area (Å²) >= 11 is 1.49. The van der Waals surface area contributed by atoms with Crippen LogP contribution in [0.15, 0.2) is 41.8 Å². The van der Waals surface area contributed by atoms with Crippen LogP contribution < -0.4 is 4.90 Å². The van der Waals surface area contributed by atoms with E-state index in [9.17, 15) is 9.18 Å². The van der Waals surface area contributed by atoms with Crippen molar-refractivity contribution in [1.29, 1.82) is 0 Å². The van der Waals surface area contributed by atoms with Crippen molar-refractivity contribution in [3.05, 3.63) is 75.1 Å². The Bertz CT molecular complexity index is 1080. The van der Waals surface area contributed by atoms with Gasteiger partial charge < -0.3 is 9.80 Å². The molecule has 1 saturated heterocycles. The minimum Gasteiger partial charge on any atom is -0.353 e. The largest absolute Gasteiger partial charge is 0.353 e. The number of hydrogen-bond acceptors (Lipinski definition) is 5. The van der Waals surface area contributed by atoms with Crippen LogP contribution in [0.4, 0.5) is 10.2 Å². The highest BCUT2D eigenvalue weighted by Gasteiger charge is 2.27. The first kappa shape index (κ1) is 23.4. The Hall–Kier alpha value is -2.80. The van der Waals surface area contributed by atoms with E-state index in [-0.39, 0.29) is 17.6 Å². The zero-order valence-corrected chi connectivity index (χ0v) is 20.4. The Morgan fingerprint density at radius 2 is 1.82 bits per heavy atom. The molecule has 2 aromatic heterocycles. The summed E-state index contributed by atoms with van der Waals surface area (Å²) < 4.78 is 13.5. The number of thiophene rings is 1. The third kappa shape index (κ3) is 5.24. The molecular weight excluding hydrogens is 435 g/mol. The molecule has 1 unspecified atom stereocenters. The predicted octanol–water partition coefficient (Wildman–Crippen LogP) is 5.31. The van der Waals surface area contributed by atoms with Crippen molar-refractivity contribution in [3.8, 4) is 0 Å². The Kier molecular flexibility index (Phi) is 7.38. The van der Waals surface area contributed by atoms with Crippen molar-refractivity contribution in [2.24, 2.45) is 0 Å². The quantitative estimate of drug-likeness (QED) is 0.474. The molecule has 0 radical (unpaired) electrons. The van der Waals surface area contributed by atoms with Gasteiger partial charge in [0.2, 0.25) is 0 Å². The second kappa shape index (κ2) is 10.4. The van der Waals surface area contributed by atoms with Crippen LogP contribution in [0.5, 0.6) is 0 Å². The summed E-state index contributed by atoms with van der Waals surface area (Å²) in [6.07, 6.45) is 2.45. The third-order valence-corrected chi connectivity index (χ3v) is 7.23. The number of aryl methyl sites for hydroxylation is 1. The van der Waals surface area contributed by atoms with E-state index >= 15 is 0 Å². The molecule has 33 heavy (non-hydrogen) atoms. The zero-order valence-electron chi connectivity index (χ0n) is 19.6. The van der Waals surface area contributed by atoms with Gasteiger partial charge in [0.05, 0.1) is 4.88 Å². The molecular formula is C26H31FN4OS. The van der Waals surface area contributed by atoms with E-state index in [0.717, 1.165) is 59.3 Å². The molecule has 7 heteroatoms. The highest BCUT2D eigenvalue weighted by Crippen LogP contribution is 2.29. The number of rotatable bonds is 7. The summed E-state index contributed by atoms with van der Waals surface area (Å²) in [5, 5.41) is 1.94. The SMILES string of the molecule is CCc1nc(C(C)CC)nc(N2CCN(C(=O)c3cccs3)CC2)c1Cc1ccc(F)cc1. The van der Waals surface area contributed by atoms with Crippen LogP contribution >= 0.6 is 11.3 Å². The van der Waals surface area contributed by atoms with Crippen molar-refractivity contribution in [2.45, 2.75) is 46.0 Å². The fourth-order valence-electron chi connectivity index (χ4n) is 4.16. The van der Waals surface area contributed by atoms with Crippen molar-refractivity contribution >= 4 is 23.1 Å². The maximum atomic E-state index is 13.5. The molecule has 0 spiro atoms.